The summed E-state index contributed by atoms with van der Waals surface area (Å²) in [7, 11) is -1.56. The van der Waals surface area contributed by atoms with Gasteiger partial charge in [-0.15, -0.1) is 0 Å². The zero-order chi connectivity index (χ0) is 19.6. The van der Waals surface area contributed by atoms with Gasteiger partial charge >= 0.3 is 0 Å². The molecule has 1 aromatic carbocycles. The molecular weight excluding hydrogens is 373 g/mol. The van der Waals surface area contributed by atoms with E-state index >= 15 is 0 Å². The van der Waals surface area contributed by atoms with E-state index < -0.39 is 21.6 Å². The highest BCUT2D eigenvalue weighted by molar-refractivity contribution is 7.91. The third kappa shape index (κ3) is 4.48. The average Bonchev–Trinajstić information content (AvgIpc) is 3.02. The standard InChI is InChI=1S/C18H18FN3O4S/c1-22(15-7-9-27(25,26)11-15)18(24)12-6-8-20-16(10-12)17(23)21-14-4-2-13(19)3-5-14/h2-6,8,10,15H,7,9,11H2,1H3,(H,21,23). The first kappa shape index (κ1) is 19.0. The van der Waals surface area contributed by atoms with Crippen LogP contribution in [0.4, 0.5) is 10.1 Å². The zero-order valence-corrected chi connectivity index (χ0v) is 15.4. The van der Waals surface area contributed by atoms with E-state index in [0.29, 0.717) is 12.1 Å². The first-order valence-corrected chi connectivity index (χ1v) is 10.1. The van der Waals surface area contributed by atoms with Crippen molar-refractivity contribution in [3.63, 3.8) is 0 Å². The highest BCUT2D eigenvalue weighted by Crippen LogP contribution is 2.19. The molecule has 27 heavy (non-hydrogen) atoms. The van der Waals surface area contributed by atoms with E-state index in [1.165, 1.54) is 47.5 Å². The van der Waals surface area contributed by atoms with Crippen LogP contribution in [0.25, 0.3) is 0 Å². The Kier molecular flexibility index (Phi) is 5.22. The zero-order valence-electron chi connectivity index (χ0n) is 14.6. The molecule has 7 nitrogen and oxygen atoms in total. The molecule has 1 unspecified atom stereocenters. The van der Waals surface area contributed by atoms with Crippen molar-refractivity contribution in [1.82, 2.24) is 9.88 Å². The van der Waals surface area contributed by atoms with Crippen molar-refractivity contribution < 1.29 is 22.4 Å². The number of hydrogen-bond acceptors (Lipinski definition) is 5. The van der Waals surface area contributed by atoms with Crippen LogP contribution in [-0.2, 0) is 9.84 Å². The molecule has 2 aromatic rings. The Morgan fingerprint density at radius 2 is 1.93 bits per heavy atom. The minimum Gasteiger partial charge on any atom is -0.338 e. The maximum atomic E-state index is 12.9. The van der Waals surface area contributed by atoms with Gasteiger partial charge in [0.2, 0.25) is 0 Å². The molecule has 1 fully saturated rings. The van der Waals surface area contributed by atoms with Crippen molar-refractivity contribution in [2.45, 2.75) is 12.5 Å². The Hall–Kier alpha value is -2.81. The molecule has 1 aromatic heterocycles. The maximum Gasteiger partial charge on any atom is 0.274 e. The predicted octanol–water partition coefficient (Wildman–Crippen LogP) is 1.73. The van der Waals surface area contributed by atoms with E-state index in [1.807, 2.05) is 0 Å². The fourth-order valence-electron chi connectivity index (χ4n) is 2.87. The van der Waals surface area contributed by atoms with Gasteiger partial charge in [0, 0.05) is 30.5 Å². The number of amides is 2. The Labute approximate surface area is 156 Å². The number of halogens is 1. The van der Waals surface area contributed by atoms with Gasteiger partial charge in [-0.25, -0.2) is 12.8 Å². The van der Waals surface area contributed by atoms with Crippen LogP contribution in [0.2, 0.25) is 0 Å². The lowest BCUT2D eigenvalue weighted by molar-refractivity contribution is 0.0747. The summed E-state index contributed by atoms with van der Waals surface area (Å²) in [5.41, 5.74) is 0.659. The monoisotopic (exact) mass is 391 g/mol. The smallest absolute Gasteiger partial charge is 0.274 e. The van der Waals surface area contributed by atoms with Crippen molar-refractivity contribution >= 4 is 27.3 Å². The normalized spacial score (nSPS) is 18.1. The van der Waals surface area contributed by atoms with E-state index in [2.05, 4.69) is 10.3 Å². The van der Waals surface area contributed by atoms with Crippen molar-refractivity contribution in [1.29, 1.82) is 0 Å². The number of sulfone groups is 1. The molecule has 0 radical (unpaired) electrons. The van der Waals surface area contributed by atoms with E-state index in [9.17, 15) is 22.4 Å². The molecule has 1 aliphatic rings. The Balaban J connectivity index is 1.73. The summed E-state index contributed by atoms with van der Waals surface area (Å²) in [6.45, 7) is 0. The largest absolute Gasteiger partial charge is 0.338 e. The highest BCUT2D eigenvalue weighted by Gasteiger charge is 2.33. The topological polar surface area (TPSA) is 96.4 Å². The third-order valence-corrected chi connectivity index (χ3v) is 6.17. The number of nitrogens with zero attached hydrogens (tertiary/aromatic N) is 2. The predicted molar refractivity (Wildman–Crippen MR) is 97.7 cm³/mol. The van der Waals surface area contributed by atoms with Gasteiger partial charge in [-0.1, -0.05) is 0 Å². The molecule has 142 valence electrons. The molecular formula is C18H18FN3O4S. The second-order valence-corrected chi connectivity index (χ2v) is 8.59. The van der Waals surface area contributed by atoms with Gasteiger partial charge in [-0.05, 0) is 42.8 Å². The van der Waals surface area contributed by atoms with Gasteiger partial charge in [-0.3, -0.25) is 14.6 Å². The molecule has 3 rings (SSSR count). The molecule has 2 amide bonds. The maximum absolute atomic E-state index is 12.9. The summed E-state index contributed by atoms with van der Waals surface area (Å²) in [5, 5.41) is 2.57. The highest BCUT2D eigenvalue weighted by atomic mass is 32.2. The van der Waals surface area contributed by atoms with Crippen LogP contribution in [0.3, 0.4) is 0 Å². The van der Waals surface area contributed by atoms with Crippen LogP contribution >= 0.6 is 0 Å². The first-order valence-electron chi connectivity index (χ1n) is 8.26. The number of hydrogen-bond donors (Lipinski definition) is 1. The van der Waals surface area contributed by atoms with Gasteiger partial charge < -0.3 is 10.2 Å². The van der Waals surface area contributed by atoms with Crippen molar-refractivity contribution in [3.05, 3.63) is 59.7 Å². The van der Waals surface area contributed by atoms with Gasteiger partial charge in [0.05, 0.1) is 11.5 Å². The number of benzene rings is 1. The van der Waals surface area contributed by atoms with Gasteiger partial charge in [0.15, 0.2) is 9.84 Å². The summed E-state index contributed by atoms with van der Waals surface area (Å²) in [5.74, 6) is -1.33. The summed E-state index contributed by atoms with van der Waals surface area (Å²) in [6.07, 6.45) is 1.74. The number of pyridine rings is 1. The summed E-state index contributed by atoms with van der Waals surface area (Å²) >= 11 is 0. The fourth-order valence-corrected chi connectivity index (χ4v) is 4.64. The van der Waals surface area contributed by atoms with Crippen LogP contribution in [0, 0.1) is 5.82 Å². The lowest BCUT2D eigenvalue weighted by Crippen LogP contribution is -2.38. The van der Waals surface area contributed by atoms with Crippen molar-refractivity contribution in [3.8, 4) is 0 Å². The first-order chi connectivity index (χ1) is 12.7. The SMILES string of the molecule is CN(C(=O)c1ccnc(C(=O)Nc2ccc(F)cc2)c1)C1CCS(=O)(=O)C1. The molecule has 2 heterocycles. The Bertz CT molecular complexity index is 976. The van der Waals surface area contributed by atoms with Crippen LogP contribution in [0.1, 0.15) is 27.3 Å². The van der Waals surface area contributed by atoms with Gasteiger partial charge in [0.1, 0.15) is 11.5 Å². The van der Waals surface area contributed by atoms with Crippen molar-refractivity contribution in [2.24, 2.45) is 0 Å². The molecule has 1 saturated heterocycles. The minimum absolute atomic E-state index is 0.0256. The average molecular weight is 391 g/mol. The van der Waals surface area contributed by atoms with Gasteiger partial charge in [-0.2, -0.15) is 0 Å². The van der Waals surface area contributed by atoms with Crippen molar-refractivity contribution in [2.75, 3.05) is 23.9 Å². The molecule has 0 aliphatic carbocycles. The van der Waals surface area contributed by atoms with Crippen LogP contribution in [0.5, 0.6) is 0 Å². The number of nitrogens with one attached hydrogen (secondary N) is 1. The summed E-state index contributed by atoms with van der Waals surface area (Å²) < 4.78 is 36.2. The number of rotatable bonds is 4. The molecule has 0 bridgehead atoms. The lowest BCUT2D eigenvalue weighted by Gasteiger charge is -2.23. The van der Waals surface area contributed by atoms with Crippen LogP contribution in [0.15, 0.2) is 42.6 Å². The van der Waals surface area contributed by atoms with Crippen LogP contribution in [-0.4, -0.2) is 54.7 Å². The Morgan fingerprint density at radius 3 is 2.56 bits per heavy atom. The second-order valence-electron chi connectivity index (χ2n) is 6.36. The second kappa shape index (κ2) is 7.43. The molecule has 1 atom stereocenters. The minimum atomic E-state index is -3.11. The molecule has 0 saturated carbocycles. The van der Waals surface area contributed by atoms with Crippen LogP contribution < -0.4 is 5.32 Å². The van der Waals surface area contributed by atoms with E-state index in [4.69, 9.17) is 0 Å². The third-order valence-electron chi connectivity index (χ3n) is 4.42. The van der Waals surface area contributed by atoms with E-state index in [1.54, 1.807) is 7.05 Å². The molecule has 9 heteroatoms. The number of carbonyl (C=O) groups is 2. The lowest BCUT2D eigenvalue weighted by atomic mass is 10.1. The van der Waals surface area contributed by atoms with Gasteiger partial charge in [0.25, 0.3) is 11.8 Å². The molecule has 1 N–H and O–H groups in total. The number of aromatic nitrogens is 1. The summed E-state index contributed by atoms with van der Waals surface area (Å²) in [4.78, 5) is 30.3. The number of anilines is 1. The number of carbonyl (C=O) groups excluding carboxylic acids is 2. The molecule has 1 aliphatic heterocycles. The fraction of sp³-hybridized carbons (Fsp3) is 0.278. The summed E-state index contributed by atoms with van der Waals surface area (Å²) in [6, 6.07) is 7.69. The quantitative estimate of drug-likeness (QED) is 0.856. The van der Waals surface area contributed by atoms with E-state index in [-0.39, 0.29) is 34.7 Å². The van der Waals surface area contributed by atoms with E-state index in [0.717, 1.165) is 0 Å². The molecule has 0 spiro atoms. The Morgan fingerprint density at radius 1 is 1.22 bits per heavy atom.